The SMILES string of the molecule is CCCOCc1cc(C(=O)Nc2cccc(NC(C)=O)c2)ccc1OCC. The van der Waals surface area contributed by atoms with Gasteiger partial charge in [-0.25, -0.2) is 0 Å². The summed E-state index contributed by atoms with van der Waals surface area (Å²) in [5.41, 5.74) is 2.58. The molecule has 2 N–H and O–H groups in total. The molecule has 144 valence electrons. The van der Waals surface area contributed by atoms with Crippen LogP contribution >= 0.6 is 0 Å². The summed E-state index contributed by atoms with van der Waals surface area (Å²) < 4.78 is 11.2. The van der Waals surface area contributed by atoms with Crippen LogP contribution in [0.4, 0.5) is 11.4 Å². The van der Waals surface area contributed by atoms with Gasteiger partial charge in [0.15, 0.2) is 0 Å². The largest absolute Gasteiger partial charge is 0.494 e. The quantitative estimate of drug-likeness (QED) is 0.648. The molecular formula is C21H26N2O4. The van der Waals surface area contributed by atoms with E-state index in [4.69, 9.17) is 9.47 Å². The van der Waals surface area contributed by atoms with Crippen LogP contribution in [-0.2, 0) is 16.1 Å². The van der Waals surface area contributed by atoms with Crippen molar-refractivity contribution in [3.63, 3.8) is 0 Å². The Bertz CT molecular complexity index is 790. The molecule has 0 spiro atoms. The van der Waals surface area contributed by atoms with Crippen LogP contribution in [0.3, 0.4) is 0 Å². The van der Waals surface area contributed by atoms with Gasteiger partial charge in [-0.2, -0.15) is 0 Å². The molecule has 0 heterocycles. The number of anilines is 2. The normalized spacial score (nSPS) is 10.3. The molecule has 6 heteroatoms. The first-order valence-corrected chi connectivity index (χ1v) is 9.06. The lowest BCUT2D eigenvalue weighted by molar-refractivity contribution is -0.114. The lowest BCUT2D eigenvalue weighted by atomic mass is 10.1. The molecule has 0 aliphatic carbocycles. The summed E-state index contributed by atoms with van der Waals surface area (Å²) in [5, 5.41) is 5.54. The van der Waals surface area contributed by atoms with Gasteiger partial charge in [0, 0.05) is 36.0 Å². The van der Waals surface area contributed by atoms with E-state index in [9.17, 15) is 9.59 Å². The summed E-state index contributed by atoms with van der Waals surface area (Å²) in [6, 6.07) is 12.3. The molecule has 0 saturated carbocycles. The zero-order valence-electron chi connectivity index (χ0n) is 16.0. The zero-order chi connectivity index (χ0) is 19.6. The van der Waals surface area contributed by atoms with E-state index in [1.54, 1.807) is 42.5 Å². The number of carbonyl (C=O) groups excluding carboxylic acids is 2. The minimum atomic E-state index is -0.241. The van der Waals surface area contributed by atoms with Crippen LogP contribution in [0.25, 0.3) is 0 Å². The number of ether oxygens (including phenoxy) is 2. The minimum absolute atomic E-state index is 0.165. The Morgan fingerprint density at radius 2 is 1.74 bits per heavy atom. The van der Waals surface area contributed by atoms with Crippen molar-refractivity contribution in [2.75, 3.05) is 23.8 Å². The van der Waals surface area contributed by atoms with Gasteiger partial charge in [-0.05, 0) is 49.7 Å². The van der Waals surface area contributed by atoms with Crippen molar-refractivity contribution in [3.8, 4) is 5.75 Å². The van der Waals surface area contributed by atoms with Crippen molar-refractivity contribution >= 4 is 23.2 Å². The van der Waals surface area contributed by atoms with E-state index < -0.39 is 0 Å². The average Bonchev–Trinajstić information content (AvgIpc) is 2.63. The summed E-state index contributed by atoms with van der Waals surface area (Å²) in [5.74, 6) is 0.314. The molecule has 6 nitrogen and oxygen atoms in total. The Balaban J connectivity index is 2.15. The van der Waals surface area contributed by atoms with Crippen molar-refractivity contribution in [3.05, 3.63) is 53.6 Å². The molecule has 27 heavy (non-hydrogen) atoms. The maximum absolute atomic E-state index is 12.6. The Morgan fingerprint density at radius 3 is 2.41 bits per heavy atom. The van der Waals surface area contributed by atoms with E-state index in [0.29, 0.717) is 36.8 Å². The minimum Gasteiger partial charge on any atom is -0.494 e. The Hall–Kier alpha value is -2.86. The van der Waals surface area contributed by atoms with Gasteiger partial charge >= 0.3 is 0 Å². The van der Waals surface area contributed by atoms with Crippen molar-refractivity contribution in [2.24, 2.45) is 0 Å². The highest BCUT2D eigenvalue weighted by atomic mass is 16.5. The molecule has 0 atom stereocenters. The molecule has 2 aromatic carbocycles. The fourth-order valence-electron chi connectivity index (χ4n) is 2.54. The summed E-state index contributed by atoms with van der Waals surface area (Å²) in [6.07, 6.45) is 0.925. The van der Waals surface area contributed by atoms with Crippen LogP contribution in [0.15, 0.2) is 42.5 Å². The van der Waals surface area contributed by atoms with Crippen LogP contribution < -0.4 is 15.4 Å². The van der Waals surface area contributed by atoms with Crippen LogP contribution in [-0.4, -0.2) is 25.0 Å². The van der Waals surface area contributed by atoms with E-state index in [0.717, 1.165) is 17.7 Å². The van der Waals surface area contributed by atoms with Crippen LogP contribution in [0.1, 0.15) is 43.1 Å². The van der Waals surface area contributed by atoms with E-state index >= 15 is 0 Å². The molecule has 0 aliphatic rings. The van der Waals surface area contributed by atoms with Gasteiger partial charge in [-0.3, -0.25) is 9.59 Å². The van der Waals surface area contributed by atoms with Gasteiger partial charge in [0.2, 0.25) is 5.91 Å². The number of carbonyl (C=O) groups is 2. The van der Waals surface area contributed by atoms with Crippen LogP contribution in [0.5, 0.6) is 5.75 Å². The number of hydrogen-bond acceptors (Lipinski definition) is 4. The first kappa shape index (κ1) is 20.5. The van der Waals surface area contributed by atoms with Gasteiger partial charge in [0.1, 0.15) is 5.75 Å². The molecule has 0 unspecified atom stereocenters. The number of rotatable bonds is 9. The lowest BCUT2D eigenvalue weighted by Crippen LogP contribution is -2.13. The molecule has 0 bridgehead atoms. The zero-order valence-corrected chi connectivity index (χ0v) is 16.0. The first-order valence-electron chi connectivity index (χ1n) is 9.06. The Kier molecular flexibility index (Phi) is 7.82. The lowest BCUT2D eigenvalue weighted by Gasteiger charge is -2.13. The molecule has 0 aliphatic heterocycles. The predicted molar refractivity (Wildman–Crippen MR) is 106 cm³/mol. The number of benzene rings is 2. The second kappa shape index (κ2) is 10.3. The maximum atomic E-state index is 12.6. The summed E-state index contributed by atoms with van der Waals surface area (Å²) in [7, 11) is 0. The maximum Gasteiger partial charge on any atom is 0.255 e. The summed E-state index contributed by atoms with van der Waals surface area (Å²) in [6.45, 7) is 6.98. The van der Waals surface area contributed by atoms with Crippen molar-refractivity contribution in [1.29, 1.82) is 0 Å². The second-order valence-electron chi connectivity index (χ2n) is 6.02. The molecule has 2 amide bonds. The number of hydrogen-bond donors (Lipinski definition) is 2. The highest BCUT2D eigenvalue weighted by molar-refractivity contribution is 6.05. The van der Waals surface area contributed by atoms with Gasteiger partial charge in [0.25, 0.3) is 5.91 Å². The molecule has 0 fully saturated rings. The van der Waals surface area contributed by atoms with Crippen molar-refractivity contribution in [2.45, 2.75) is 33.8 Å². The molecule has 0 aromatic heterocycles. The van der Waals surface area contributed by atoms with Crippen molar-refractivity contribution < 1.29 is 19.1 Å². The first-order chi connectivity index (χ1) is 13.0. The third kappa shape index (κ3) is 6.42. The summed E-state index contributed by atoms with van der Waals surface area (Å²) in [4.78, 5) is 23.8. The fourth-order valence-corrected chi connectivity index (χ4v) is 2.54. The standard InChI is InChI=1S/C21H26N2O4/c1-4-11-26-14-17-12-16(9-10-20(17)27-5-2)21(25)23-19-8-6-7-18(13-19)22-15(3)24/h6-10,12-13H,4-5,11,14H2,1-3H3,(H,22,24)(H,23,25). The Labute approximate surface area is 159 Å². The van der Waals surface area contributed by atoms with Gasteiger partial charge < -0.3 is 20.1 Å². The monoisotopic (exact) mass is 370 g/mol. The highest BCUT2D eigenvalue weighted by Crippen LogP contribution is 2.23. The van der Waals surface area contributed by atoms with Crippen LogP contribution in [0, 0.1) is 0 Å². The number of amides is 2. The van der Waals surface area contributed by atoms with Gasteiger partial charge in [-0.15, -0.1) is 0 Å². The van der Waals surface area contributed by atoms with Gasteiger partial charge in [0.05, 0.1) is 13.2 Å². The Morgan fingerprint density at radius 1 is 1.00 bits per heavy atom. The van der Waals surface area contributed by atoms with Gasteiger partial charge in [-0.1, -0.05) is 13.0 Å². The average molecular weight is 370 g/mol. The molecule has 2 rings (SSSR count). The number of nitrogens with one attached hydrogen (secondary N) is 2. The molecule has 0 radical (unpaired) electrons. The predicted octanol–water partition coefficient (Wildman–Crippen LogP) is 4.22. The smallest absolute Gasteiger partial charge is 0.255 e. The topological polar surface area (TPSA) is 76.7 Å². The van der Waals surface area contributed by atoms with Crippen LogP contribution in [0.2, 0.25) is 0 Å². The third-order valence-electron chi connectivity index (χ3n) is 3.67. The fraction of sp³-hybridized carbons (Fsp3) is 0.333. The van der Waals surface area contributed by atoms with E-state index in [-0.39, 0.29) is 11.8 Å². The van der Waals surface area contributed by atoms with E-state index in [1.807, 2.05) is 13.8 Å². The third-order valence-corrected chi connectivity index (χ3v) is 3.67. The van der Waals surface area contributed by atoms with Crippen molar-refractivity contribution in [1.82, 2.24) is 0 Å². The van der Waals surface area contributed by atoms with E-state index in [1.165, 1.54) is 6.92 Å². The molecule has 0 saturated heterocycles. The highest BCUT2D eigenvalue weighted by Gasteiger charge is 2.12. The summed E-state index contributed by atoms with van der Waals surface area (Å²) >= 11 is 0. The molecule has 2 aromatic rings. The second-order valence-corrected chi connectivity index (χ2v) is 6.02. The van der Waals surface area contributed by atoms with E-state index in [2.05, 4.69) is 10.6 Å². The molecular weight excluding hydrogens is 344 g/mol.